The molecule has 0 bridgehead atoms. The molecule has 0 spiro atoms. The number of pyridine rings is 2. The molecule has 3 heterocycles. The second-order valence-corrected chi connectivity index (χ2v) is 5.79. The summed E-state index contributed by atoms with van der Waals surface area (Å²) in [6, 6.07) is 7.76. The first-order valence-electron chi connectivity index (χ1n) is 7.68. The van der Waals surface area contributed by atoms with Crippen molar-refractivity contribution in [3.8, 4) is 0 Å². The Morgan fingerprint density at radius 1 is 1.24 bits per heavy atom. The quantitative estimate of drug-likeness (QED) is 0.610. The lowest BCUT2D eigenvalue weighted by Gasteiger charge is -2.08. The van der Waals surface area contributed by atoms with Gasteiger partial charge in [0, 0.05) is 24.0 Å². The van der Waals surface area contributed by atoms with Crippen molar-refractivity contribution in [2.75, 3.05) is 5.32 Å². The van der Waals surface area contributed by atoms with Gasteiger partial charge in [-0.15, -0.1) is 0 Å². The van der Waals surface area contributed by atoms with Gasteiger partial charge in [-0.25, -0.2) is 9.37 Å². The number of hydrogen-bond acceptors (Lipinski definition) is 4. The summed E-state index contributed by atoms with van der Waals surface area (Å²) >= 11 is 0. The molecule has 0 unspecified atom stereocenters. The first-order valence-corrected chi connectivity index (χ1v) is 7.68. The number of aromatic nitrogens is 4. The standard InChI is InChI=1S/C18H14FN5O/c1-10-14-8-13(9-21-17(14)24(2)23-10)22-18(25)15-7-12(19)6-11-4-3-5-20-16(11)15/h3-9H,1-2H3,(H,22,25). The zero-order valence-electron chi connectivity index (χ0n) is 13.6. The monoisotopic (exact) mass is 335 g/mol. The van der Waals surface area contributed by atoms with Crippen molar-refractivity contribution in [2.24, 2.45) is 7.05 Å². The van der Waals surface area contributed by atoms with Crippen LogP contribution in [0.2, 0.25) is 0 Å². The number of carbonyl (C=O) groups excluding carboxylic acids is 1. The lowest BCUT2D eigenvalue weighted by molar-refractivity contribution is 0.102. The molecule has 0 aliphatic rings. The van der Waals surface area contributed by atoms with Crippen LogP contribution in [0, 0.1) is 12.7 Å². The molecule has 0 saturated carbocycles. The summed E-state index contributed by atoms with van der Waals surface area (Å²) in [4.78, 5) is 21.2. The average molecular weight is 335 g/mol. The molecule has 4 aromatic rings. The molecule has 0 atom stereocenters. The number of anilines is 1. The fourth-order valence-electron chi connectivity index (χ4n) is 2.90. The van der Waals surface area contributed by atoms with Crippen molar-refractivity contribution in [3.05, 3.63) is 59.8 Å². The van der Waals surface area contributed by atoms with Crippen molar-refractivity contribution >= 4 is 33.5 Å². The fraction of sp³-hybridized carbons (Fsp3) is 0.111. The number of amides is 1. The van der Waals surface area contributed by atoms with Crippen molar-refractivity contribution in [1.29, 1.82) is 0 Å². The number of nitrogens with one attached hydrogen (secondary N) is 1. The maximum atomic E-state index is 13.8. The number of fused-ring (bicyclic) bond motifs is 2. The Bertz CT molecular complexity index is 1140. The second-order valence-electron chi connectivity index (χ2n) is 5.79. The van der Waals surface area contributed by atoms with Crippen LogP contribution in [-0.4, -0.2) is 25.7 Å². The van der Waals surface area contributed by atoms with E-state index in [0.717, 1.165) is 16.7 Å². The molecule has 1 amide bonds. The first-order chi connectivity index (χ1) is 12.0. The molecule has 1 aromatic carbocycles. The third kappa shape index (κ3) is 2.59. The van der Waals surface area contributed by atoms with Crippen molar-refractivity contribution in [1.82, 2.24) is 19.7 Å². The summed E-state index contributed by atoms with van der Waals surface area (Å²) in [5.74, 6) is -0.923. The zero-order chi connectivity index (χ0) is 17.6. The fourth-order valence-corrected chi connectivity index (χ4v) is 2.90. The van der Waals surface area contributed by atoms with E-state index in [0.29, 0.717) is 16.6 Å². The van der Waals surface area contributed by atoms with Crippen LogP contribution in [0.5, 0.6) is 0 Å². The highest BCUT2D eigenvalue weighted by Crippen LogP contribution is 2.22. The molecular formula is C18H14FN5O. The Balaban J connectivity index is 1.74. The smallest absolute Gasteiger partial charge is 0.258 e. The summed E-state index contributed by atoms with van der Waals surface area (Å²) in [7, 11) is 1.81. The molecule has 0 saturated heterocycles. The highest BCUT2D eigenvalue weighted by Gasteiger charge is 2.15. The third-order valence-electron chi connectivity index (χ3n) is 4.04. The van der Waals surface area contributed by atoms with E-state index in [1.807, 2.05) is 14.0 Å². The molecule has 0 fully saturated rings. The minimum absolute atomic E-state index is 0.179. The Labute approximate surface area is 142 Å². The summed E-state index contributed by atoms with van der Waals surface area (Å²) in [5, 5.41) is 8.49. The van der Waals surface area contributed by atoms with Gasteiger partial charge in [-0.3, -0.25) is 14.5 Å². The third-order valence-corrected chi connectivity index (χ3v) is 4.04. The van der Waals surface area contributed by atoms with Gasteiger partial charge in [-0.2, -0.15) is 5.10 Å². The normalized spacial score (nSPS) is 11.2. The van der Waals surface area contributed by atoms with E-state index >= 15 is 0 Å². The van der Waals surface area contributed by atoms with Gasteiger partial charge in [0.1, 0.15) is 5.82 Å². The van der Waals surface area contributed by atoms with E-state index < -0.39 is 11.7 Å². The molecule has 3 aromatic heterocycles. The molecular weight excluding hydrogens is 321 g/mol. The molecule has 6 nitrogen and oxygen atoms in total. The van der Waals surface area contributed by atoms with Crippen molar-refractivity contribution in [2.45, 2.75) is 6.92 Å². The highest BCUT2D eigenvalue weighted by molar-refractivity contribution is 6.12. The summed E-state index contributed by atoms with van der Waals surface area (Å²) < 4.78 is 15.5. The van der Waals surface area contributed by atoms with Gasteiger partial charge in [-0.05, 0) is 31.2 Å². The van der Waals surface area contributed by atoms with Crippen LogP contribution in [0.25, 0.3) is 21.9 Å². The van der Waals surface area contributed by atoms with Crippen LogP contribution >= 0.6 is 0 Å². The molecule has 7 heteroatoms. The minimum Gasteiger partial charge on any atom is -0.320 e. The van der Waals surface area contributed by atoms with Gasteiger partial charge >= 0.3 is 0 Å². The van der Waals surface area contributed by atoms with E-state index in [1.165, 1.54) is 12.1 Å². The SMILES string of the molecule is Cc1nn(C)c2ncc(NC(=O)c3cc(F)cc4cccnc34)cc12. The van der Waals surface area contributed by atoms with Gasteiger partial charge in [0.15, 0.2) is 5.65 Å². The number of hydrogen-bond donors (Lipinski definition) is 1. The molecule has 0 radical (unpaired) electrons. The molecule has 0 aliphatic carbocycles. The van der Waals surface area contributed by atoms with Crippen molar-refractivity contribution in [3.63, 3.8) is 0 Å². The molecule has 4 rings (SSSR count). The largest absolute Gasteiger partial charge is 0.320 e. The van der Waals surface area contributed by atoms with Gasteiger partial charge in [0.05, 0.1) is 28.7 Å². The maximum Gasteiger partial charge on any atom is 0.258 e. The van der Waals surface area contributed by atoms with Gasteiger partial charge in [0.2, 0.25) is 0 Å². The van der Waals surface area contributed by atoms with E-state index in [1.54, 1.807) is 35.3 Å². The minimum atomic E-state index is -0.484. The lowest BCUT2D eigenvalue weighted by Crippen LogP contribution is -2.13. The van der Waals surface area contributed by atoms with Crippen LogP contribution < -0.4 is 5.32 Å². The molecule has 1 N–H and O–H groups in total. The van der Waals surface area contributed by atoms with Crippen LogP contribution in [0.3, 0.4) is 0 Å². The van der Waals surface area contributed by atoms with Gasteiger partial charge in [-0.1, -0.05) is 6.07 Å². The molecule has 124 valence electrons. The number of carbonyl (C=O) groups is 1. The lowest BCUT2D eigenvalue weighted by atomic mass is 10.1. The molecule has 25 heavy (non-hydrogen) atoms. The highest BCUT2D eigenvalue weighted by atomic mass is 19.1. The Kier molecular flexibility index (Phi) is 3.42. The Morgan fingerprint density at radius 3 is 2.92 bits per heavy atom. The van der Waals surface area contributed by atoms with Crippen molar-refractivity contribution < 1.29 is 9.18 Å². The second kappa shape index (κ2) is 5.62. The number of nitrogens with zero attached hydrogens (tertiary/aromatic N) is 4. The summed E-state index contributed by atoms with van der Waals surface area (Å²) in [6.45, 7) is 1.87. The van der Waals surface area contributed by atoms with Crippen LogP contribution in [0.1, 0.15) is 16.1 Å². The Hall–Kier alpha value is -3.35. The predicted molar refractivity (Wildman–Crippen MR) is 92.9 cm³/mol. The van der Waals surface area contributed by atoms with Gasteiger partial charge in [0.25, 0.3) is 5.91 Å². The van der Waals surface area contributed by atoms with E-state index in [2.05, 4.69) is 20.4 Å². The maximum absolute atomic E-state index is 13.8. The van der Waals surface area contributed by atoms with E-state index in [-0.39, 0.29) is 5.56 Å². The van der Waals surface area contributed by atoms with Crippen LogP contribution in [-0.2, 0) is 7.05 Å². The number of aryl methyl sites for hydroxylation is 2. The Morgan fingerprint density at radius 2 is 2.08 bits per heavy atom. The van der Waals surface area contributed by atoms with E-state index in [4.69, 9.17) is 0 Å². The van der Waals surface area contributed by atoms with E-state index in [9.17, 15) is 9.18 Å². The first kappa shape index (κ1) is 15.2. The van der Waals surface area contributed by atoms with Crippen LogP contribution in [0.15, 0.2) is 42.7 Å². The topological polar surface area (TPSA) is 72.7 Å². The number of rotatable bonds is 2. The van der Waals surface area contributed by atoms with Gasteiger partial charge < -0.3 is 5.32 Å². The zero-order valence-corrected chi connectivity index (χ0v) is 13.6. The number of benzene rings is 1. The predicted octanol–water partition coefficient (Wildman–Crippen LogP) is 3.22. The average Bonchev–Trinajstić information content (AvgIpc) is 2.88. The number of halogens is 1. The summed E-state index contributed by atoms with van der Waals surface area (Å²) in [5.41, 5.74) is 2.70. The van der Waals surface area contributed by atoms with Crippen LogP contribution in [0.4, 0.5) is 10.1 Å². The molecule has 0 aliphatic heterocycles. The summed E-state index contributed by atoms with van der Waals surface area (Å²) in [6.07, 6.45) is 3.12.